The van der Waals surface area contributed by atoms with Crippen molar-refractivity contribution >= 4 is 5.97 Å². The molecule has 1 rings (SSSR count). The van der Waals surface area contributed by atoms with Crippen molar-refractivity contribution in [3.63, 3.8) is 0 Å². The first kappa shape index (κ1) is 10.6. The molecule has 0 spiro atoms. The number of hydrogen-bond donors (Lipinski definition) is 0. The summed E-state index contributed by atoms with van der Waals surface area (Å²) in [6.07, 6.45) is 0.294. The number of benzene rings is 1. The van der Waals surface area contributed by atoms with Gasteiger partial charge in [0.15, 0.2) is 0 Å². The molecule has 0 amide bonds. The van der Waals surface area contributed by atoms with Crippen LogP contribution in [0.15, 0.2) is 30.3 Å². The Labute approximate surface area is 83.6 Å². The highest BCUT2D eigenvalue weighted by molar-refractivity contribution is 5.69. The molecule has 76 valence electrons. The zero-order valence-corrected chi connectivity index (χ0v) is 8.23. The van der Waals surface area contributed by atoms with Crippen molar-refractivity contribution in [1.82, 2.24) is 0 Å². The number of carbonyl (C=O) groups excluding carboxylic acids is 1. The molecule has 3 heteroatoms. The Hall–Kier alpha value is -1.51. The molecular weight excluding hydrogens is 180 g/mol. The molecule has 0 unspecified atom stereocenters. The molecule has 0 heterocycles. The van der Waals surface area contributed by atoms with E-state index in [0.29, 0.717) is 19.6 Å². The first-order chi connectivity index (χ1) is 6.83. The van der Waals surface area contributed by atoms with Crippen molar-refractivity contribution in [2.45, 2.75) is 13.3 Å². The maximum Gasteiger partial charge on any atom is 0.309 e. The van der Waals surface area contributed by atoms with Crippen molar-refractivity contribution in [3.05, 3.63) is 30.3 Å². The Kier molecular flexibility index (Phi) is 4.55. The normalized spacial score (nSPS) is 9.50. The SMILES string of the molecule is CCOC(=O)CCOc1ccccc1. The number of para-hydroxylation sites is 1. The third-order valence-corrected chi connectivity index (χ3v) is 1.62. The molecule has 0 saturated carbocycles. The van der Waals surface area contributed by atoms with Gasteiger partial charge in [0.1, 0.15) is 5.75 Å². The van der Waals surface area contributed by atoms with Crippen molar-refractivity contribution < 1.29 is 14.3 Å². The largest absolute Gasteiger partial charge is 0.493 e. The van der Waals surface area contributed by atoms with Crippen LogP contribution in [-0.4, -0.2) is 19.2 Å². The zero-order valence-electron chi connectivity index (χ0n) is 8.23. The van der Waals surface area contributed by atoms with Crippen LogP contribution in [0, 0.1) is 0 Å². The van der Waals surface area contributed by atoms with Crippen LogP contribution < -0.4 is 4.74 Å². The van der Waals surface area contributed by atoms with Crippen molar-refractivity contribution in [1.29, 1.82) is 0 Å². The summed E-state index contributed by atoms with van der Waals surface area (Å²) in [4.78, 5) is 10.9. The first-order valence-electron chi connectivity index (χ1n) is 4.66. The Morgan fingerprint density at radius 1 is 1.29 bits per heavy atom. The highest BCUT2D eigenvalue weighted by Gasteiger charge is 2.01. The molecule has 0 aliphatic heterocycles. The monoisotopic (exact) mass is 194 g/mol. The molecule has 0 fully saturated rings. The van der Waals surface area contributed by atoms with Gasteiger partial charge in [-0.1, -0.05) is 18.2 Å². The van der Waals surface area contributed by atoms with E-state index in [1.54, 1.807) is 6.92 Å². The summed E-state index contributed by atoms with van der Waals surface area (Å²) in [7, 11) is 0. The summed E-state index contributed by atoms with van der Waals surface area (Å²) in [6.45, 7) is 2.57. The van der Waals surface area contributed by atoms with Crippen LogP contribution in [0.4, 0.5) is 0 Å². The minimum absolute atomic E-state index is 0.219. The highest BCUT2D eigenvalue weighted by Crippen LogP contribution is 2.08. The molecule has 0 bridgehead atoms. The van der Waals surface area contributed by atoms with Crippen LogP contribution in [0.5, 0.6) is 5.75 Å². The Morgan fingerprint density at radius 3 is 2.64 bits per heavy atom. The second-order valence-electron chi connectivity index (χ2n) is 2.72. The number of carbonyl (C=O) groups is 1. The summed E-state index contributed by atoms with van der Waals surface area (Å²) in [6, 6.07) is 9.40. The van der Waals surface area contributed by atoms with Crippen LogP contribution in [0.25, 0.3) is 0 Å². The topological polar surface area (TPSA) is 35.5 Å². The molecule has 0 aromatic heterocycles. The molecule has 1 aromatic carbocycles. The number of rotatable bonds is 5. The minimum Gasteiger partial charge on any atom is -0.493 e. The quantitative estimate of drug-likeness (QED) is 0.673. The van der Waals surface area contributed by atoms with Gasteiger partial charge in [0.2, 0.25) is 0 Å². The van der Waals surface area contributed by atoms with Crippen LogP contribution >= 0.6 is 0 Å². The fourth-order valence-corrected chi connectivity index (χ4v) is 1.00. The Morgan fingerprint density at radius 2 is 2.00 bits per heavy atom. The maximum absolute atomic E-state index is 10.9. The third-order valence-electron chi connectivity index (χ3n) is 1.62. The summed E-state index contributed by atoms with van der Waals surface area (Å²) < 4.78 is 10.1. The molecule has 14 heavy (non-hydrogen) atoms. The van der Waals surface area contributed by atoms with Gasteiger partial charge < -0.3 is 9.47 Å². The van der Waals surface area contributed by atoms with Gasteiger partial charge in [-0.15, -0.1) is 0 Å². The van der Waals surface area contributed by atoms with Crippen LogP contribution in [0.2, 0.25) is 0 Å². The van der Waals surface area contributed by atoms with E-state index >= 15 is 0 Å². The molecule has 0 N–H and O–H groups in total. The molecular formula is C11H14O3. The number of hydrogen-bond acceptors (Lipinski definition) is 3. The van der Waals surface area contributed by atoms with Crippen LogP contribution in [-0.2, 0) is 9.53 Å². The molecule has 1 aromatic rings. The lowest BCUT2D eigenvalue weighted by atomic mass is 10.3. The zero-order chi connectivity index (χ0) is 10.2. The second kappa shape index (κ2) is 6.02. The standard InChI is InChI=1S/C11H14O3/c1-2-13-11(12)8-9-14-10-6-4-3-5-7-10/h3-7H,2,8-9H2,1H3. The molecule has 0 saturated heterocycles. The minimum atomic E-state index is -0.219. The lowest BCUT2D eigenvalue weighted by molar-refractivity contribution is -0.143. The van der Waals surface area contributed by atoms with Crippen molar-refractivity contribution in [3.8, 4) is 5.75 Å². The molecule has 3 nitrogen and oxygen atoms in total. The summed E-state index contributed by atoms with van der Waals surface area (Å²) in [5, 5.41) is 0. The van der Waals surface area contributed by atoms with Crippen molar-refractivity contribution in [2.75, 3.05) is 13.2 Å². The van der Waals surface area contributed by atoms with Gasteiger partial charge in [0, 0.05) is 0 Å². The highest BCUT2D eigenvalue weighted by atomic mass is 16.5. The van der Waals surface area contributed by atoms with Gasteiger partial charge in [0.05, 0.1) is 19.6 Å². The Balaban J connectivity index is 2.19. The van der Waals surface area contributed by atoms with Gasteiger partial charge in [0.25, 0.3) is 0 Å². The van der Waals surface area contributed by atoms with Crippen LogP contribution in [0.3, 0.4) is 0 Å². The Bertz CT molecular complexity index is 269. The van der Waals surface area contributed by atoms with E-state index in [2.05, 4.69) is 0 Å². The van der Waals surface area contributed by atoms with E-state index in [1.165, 1.54) is 0 Å². The predicted octanol–water partition coefficient (Wildman–Crippen LogP) is 2.02. The average molecular weight is 194 g/mol. The number of esters is 1. The average Bonchev–Trinajstić information content (AvgIpc) is 2.20. The molecule has 0 aliphatic rings. The number of ether oxygens (including phenoxy) is 2. The predicted molar refractivity (Wildman–Crippen MR) is 53.2 cm³/mol. The lowest BCUT2D eigenvalue weighted by Crippen LogP contribution is -2.09. The van der Waals surface area contributed by atoms with Gasteiger partial charge in [-0.25, -0.2) is 0 Å². The molecule has 0 radical (unpaired) electrons. The van der Waals surface area contributed by atoms with E-state index in [1.807, 2.05) is 30.3 Å². The molecule has 0 aliphatic carbocycles. The van der Waals surface area contributed by atoms with Gasteiger partial charge >= 0.3 is 5.97 Å². The van der Waals surface area contributed by atoms with Crippen molar-refractivity contribution in [2.24, 2.45) is 0 Å². The van der Waals surface area contributed by atoms with E-state index < -0.39 is 0 Å². The lowest BCUT2D eigenvalue weighted by Gasteiger charge is -2.04. The van der Waals surface area contributed by atoms with E-state index in [-0.39, 0.29) is 5.97 Å². The summed E-state index contributed by atoms with van der Waals surface area (Å²) in [5.41, 5.74) is 0. The van der Waals surface area contributed by atoms with E-state index in [0.717, 1.165) is 5.75 Å². The summed E-state index contributed by atoms with van der Waals surface area (Å²) >= 11 is 0. The van der Waals surface area contributed by atoms with E-state index in [9.17, 15) is 4.79 Å². The molecule has 0 atom stereocenters. The maximum atomic E-state index is 10.9. The van der Waals surface area contributed by atoms with Crippen LogP contribution in [0.1, 0.15) is 13.3 Å². The van der Waals surface area contributed by atoms with Gasteiger partial charge in [-0.05, 0) is 19.1 Å². The second-order valence-corrected chi connectivity index (χ2v) is 2.72. The first-order valence-corrected chi connectivity index (χ1v) is 4.66. The fraction of sp³-hybridized carbons (Fsp3) is 0.364. The van der Waals surface area contributed by atoms with Gasteiger partial charge in [-0.3, -0.25) is 4.79 Å². The van der Waals surface area contributed by atoms with Gasteiger partial charge in [-0.2, -0.15) is 0 Å². The fourth-order valence-electron chi connectivity index (χ4n) is 1.00. The third kappa shape index (κ3) is 3.94. The summed E-state index contributed by atoms with van der Waals surface area (Å²) in [5.74, 6) is 0.556. The smallest absolute Gasteiger partial charge is 0.309 e. The van der Waals surface area contributed by atoms with E-state index in [4.69, 9.17) is 9.47 Å².